The second kappa shape index (κ2) is 9.63. The molecule has 2 aliphatic rings. The number of benzene rings is 1. The molecule has 1 aromatic carbocycles. The highest BCUT2D eigenvalue weighted by atomic mass is 19.1. The minimum absolute atomic E-state index is 0.00516. The van der Waals surface area contributed by atoms with E-state index in [9.17, 15) is 19.5 Å². The number of nitrogens with zero attached hydrogens (tertiary/aromatic N) is 2. The molecule has 1 aromatic heterocycles. The van der Waals surface area contributed by atoms with Crippen LogP contribution in [0.2, 0.25) is 0 Å². The third-order valence-corrected chi connectivity index (χ3v) is 6.89. The van der Waals surface area contributed by atoms with Crippen LogP contribution in [-0.2, 0) is 4.74 Å². The van der Waals surface area contributed by atoms with Crippen LogP contribution in [0.5, 0.6) is 5.75 Å². The Balaban J connectivity index is 1.62. The standard InChI is InChI=1S/C26H34FN3O6/c1-14(11-28-25(34)36-26(2,3)4)15-8-9-29(12-15)21-19(27)10-17-20(23(21)35-5)30(16-6-7-16)13-18(22(17)31)24(32)33/h10,13-16H,6-9,11-12H2,1-5H3,(H,28,34)(H,32,33). The Morgan fingerprint density at radius 3 is 2.56 bits per heavy atom. The van der Waals surface area contributed by atoms with E-state index in [2.05, 4.69) is 5.32 Å². The van der Waals surface area contributed by atoms with E-state index < -0.39 is 28.9 Å². The van der Waals surface area contributed by atoms with Crippen molar-refractivity contribution in [2.45, 2.75) is 58.6 Å². The molecule has 1 aliphatic carbocycles. The van der Waals surface area contributed by atoms with Gasteiger partial charge in [-0.3, -0.25) is 4.79 Å². The summed E-state index contributed by atoms with van der Waals surface area (Å²) in [5, 5.41) is 12.3. The lowest BCUT2D eigenvalue weighted by molar-refractivity contribution is 0.0515. The van der Waals surface area contributed by atoms with Gasteiger partial charge in [0.15, 0.2) is 11.6 Å². The molecule has 1 amide bonds. The predicted molar refractivity (Wildman–Crippen MR) is 134 cm³/mol. The monoisotopic (exact) mass is 503 g/mol. The van der Waals surface area contributed by atoms with Crippen LogP contribution in [0.4, 0.5) is 14.9 Å². The van der Waals surface area contributed by atoms with E-state index in [0.29, 0.717) is 25.2 Å². The smallest absolute Gasteiger partial charge is 0.407 e. The lowest BCUT2D eigenvalue weighted by atomic mass is 9.93. The van der Waals surface area contributed by atoms with E-state index in [1.807, 2.05) is 32.6 Å². The third-order valence-electron chi connectivity index (χ3n) is 6.89. The van der Waals surface area contributed by atoms with E-state index in [4.69, 9.17) is 9.47 Å². The van der Waals surface area contributed by atoms with Crippen LogP contribution in [0, 0.1) is 17.7 Å². The number of hydrogen-bond acceptors (Lipinski definition) is 6. The van der Waals surface area contributed by atoms with E-state index in [0.717, 1.165) is 25.3 Å². The van der Waals surface area contributed by atoms with Crippen molar-refractivity contribution in [3.05, 3.63) is 33.9 Å². The zero-order chi connectivity index (χ0) is 26.4. The summed E-state index contributed by atoms with van der Waals surface area (Å²) in [7, 11) is 1.44. The Hall–Kier alpha value is -3.30. The minimum Gasteiger partial charge on any atom is -0.492 e. The first-order chi connectivity index (χ1) is 16.9. The van der Waals surface area contributed by atoms with Crippen LogP contribution < -0.4 is 20.4 Å². The van der Waals surface area contributed by atoms with Crippen LogP contribution in [0.1, 0.15) is 63.4 Å². The van der Waals surface area contributed by atoms with Crippen molar-refractivity contribution >= 4 is 28.7 Å². The number of ether oxygens (including phenoxy) is 2. The van der Waals surface area contributed by atoms with E-state index >= 15 is 4.39 Å². The van der Waals surface area contributed by atoms with Crippen molar-refractivity contribution in [2.24, 2.45) is 11.8 Å². The highest BCUT2D eigenvalue weighted by Crippen LogP contribution is 2.45. The molecule has 2 N–H and O–H groups in total. The SMILES string of the molecule is COc1c(N2CCC(C(C)CNC(=O)OC(C)(C)C)C2)c(F)cc2c(=O)c(C(=O)O)cn(C3CC3)c12. The maximum absolute atomic E-state index is 15.5. The molecule has 196 valence electrons. The van der Waals surface area contributed by atoms with Crippen molar-refractivity contribution < 1.29 is 28.6 Å². The van der Waals surface area contributed by atoms with Gasteiger partial charge >= 0.3 is 12.1 Å². The molecule has 1 saturated carbocycles. The minimum atomic E-state index is -1.34. The molecule has 2 heterocycles. The average molecular weight is 504 g/mol. The summed E-state index contributed by atoms with van der Waals surface area (Å²) in [6.07, 6.45) is 3.38. The Labute approximate surface area is 209 Å². The molecule has 2 fully saturated rings. The fourth-order valence-corrected chi connectivity index (χ4v) is 4.90. The van der Waals surface area contributed by atoms with Crippen molar-refractivity contribution in [1.29, 1.82) is 0 Å². The number of alkyl carbamates (subject to hydrolysis) is 1. The topological polar surface area (TPSA) is 110 Å². The summed E-state index contributed by atoms with van der Waals surface area (Å²) in [6.45, 7) is 9.03. The second-order valence-electron chi connectivity index (χ2n) is 10.8. The number of carbonyl (C=O) groups is 2. The van der Waals surface area contributed by atoms with Gasteiger partial charge < -0.3 is 29.4 Å². The molecule has 0 radical (unpaired) electrons. The maximum atomic E-state index is 15.5. The highest BCUT2D eigenvalue weighted by molar-refractivity contribution is 5.97. The van der Waals surface area contributed by atoms with Gasteiger partial charge in [-0.1, -0.05) is 6.92 Å². The quantitative estimate of drug-likeness (QED) is 0.584. The van der Waals surface area contributed by atoms with Crippen LogP contribution in [0.15, 0.2) is 17.1 Å². The number of rotatable bonds is 7. The van der Waals surface area contributed by atoms with Gasteiger partial charge in [-0.2, -0.15) is 0 Å². The van der Waals surface area contributed by atoms with Crippen molar-refractivity contribution in [3.8, 4) is 5.75 Å². The van der Waals surface area contributed by atoms with Crippen LogP contribution >= 0.6 is 0 Å². The molecule has 9 nitrogen and oxygen atoms in total. The van der Waals surface area contributed by atoms with Crippen molar-refractivity contribution in [2.75, 3.05) is 31.6 Å². The Kier molecular flexibility index (Phi) is 6.90. The second-order valence-corrected chi connectivity index (χ2v) is 10.8. The molecule has 4 rings (SSSR count). The van der Waals surface area contributed by atoms with Crippen LogP contribution in [-0.4, -0.2) is 54.1 Å². The number of carbonyl (C=O) groups excluding carboxylic acids is 1. The molecule has 2 aromatic rings. The molecule has 36 heavy (non-hydrogen) atoms. The van der Waals surface area contributed by atoms with Crippen molar-refractivity contribution in [3.63, 3.8) is 0 Å². The Bertz CT molecular complexity index is 1250. The summed E-state index contributed by atoms with van der Waals surface area (Å²) in [5.74, 6) is -1.40. The van der Waals surface area contributed by atoms with Gasteiger partial charge in [-0.15, -0.1) is 0 Å². The summed E-state index contributed by atoms with van der Waals surface area (Å²) in [4.78, 5) is 38.5. The zero-order valence-electron chi connectivity index (χ0n) is 21.4. The number of methoxy groups -OCH3 is 1. The van der Waals surface area contributed by atoms with E-state index in [1.54, 1.807) is 4.57 Å². The molecule has 1 aliphatic heterocycles. The third kappa shape index (κ3) is 5.12. The zero-order valence-corrected chi connectivity index (χ0v) is 21.4. The normalized spacial score (nSPS) is 18.8. The van der Waals surface area contributed by atoms with Gasteiger partial charge in [0.05, 0.1) is 18.0 Å². The van der Waals surface area contributed by atoms with Gasteiger partial charge in [-0.25, -0.2) is 14.0 Å². The molecule has 0 bridgehead atoms. The van der Waals surface area contributed by atoms with Crippen LogP contribution in [0.3, 0.4) is 0 Å². The predicted octanol–water partition coefficient (Wildman–Crippen LogP) is 4.17. The lowest BCUT2D eigenvalue weighted by Gasteiger charge is -2.26. The number of amides is 1. The summed E-state index contributed by atoms with van der Waals surface area (Å²) < 4.78 is 28.3. The summed E-state index contributed by atoms with van der Waals surface area (Å²) in [5.41, 5.74) is -0.977. The van der Waals surface area contributed by atoms with Gasteiger partial charge in [0.2, 0.25) is 5.43 Å². The maximum Gasteiger partial charge on any atom is 0.407 e. The molecule has 2 unspecified atom stereocenters. The lowest BCUT2D eigenvalue weighted by Crippen LogP contribution is -2.36. The number of fused-ring (bicyclic) bond motifs is 1. The molecule has 2 atom stereocenters. The summed E-state index contributed by atoms with van der Waals surface area (Å²) >= 11 is 0. The van der Waals surface area contributed by atoms with E-state index in [-0.39, 0.29) is 40.3 Å². The number of carboxylic acids is 1. The number of nitrogens with one attached hydrogen (secondary N) is 1. The Morgan fingerprint density at radius 2 is 1.97 bits per heavy atom. The van der Waals surface area contributed by atoms with Gasteiger partial charge in [0.1, 0.15) is 16.9 Å². The fraction of sp³-hybridized carbons (Fsp3) is 0.577. The number of aromatic nitrogens is 1. The molecular formula is C26H34FN3O6. The molecule has 10 heteroatoms. The largest absolute Gasteiger partial charge is 0.492 e. The van der Waals surface area contributed by atoms with E-state index in [1.165, 1.54) is 13.3 Å². The van der Waals surface area contributed by atoms with Crippen LogP contribution in [0.25, 0.3) is 10.9 Å². The van der Waals surface area contributed by atoms with Gasteiger partial charge in [0, 0.05) is 31.9 Å². The van der Waals surface area contributed by atoms with Crippen molar-refractivity contribution in [1.82, 2.24) is 9.88 Å². The number of aromatic carboxylic acids is 1. The Morgan fingerprint density at radius 1 is 1.28 bits per heavy atom. The summed E-state index contributed by atoms with van der Waals surface area (Å²) in [6, 6.07) is 1.19. The first kappa shape index (κ1) is 25.8. The van der Waals surface area contributed by atoms with Gasteiger partial charge in [-0.05, 0) is 57.9 Å². The molecule has 0 spiro atoms. The van der Waals surface area contributed by atoms with Gasteiger partial charge in [0.25, 0.3) is 0 Å². The molecular weight excluding hydrogens is 469 g/mol. The number of hydrogen-bond donors (Lipinski definition) is 2. The average Bonchev–Trinajstić information content (AvgIpc) is 3.52. The highest BCUT2D eigenvalue weighted by Gasteiger charge is 2.34. The first-order valence-electron chi connectivity index (χ1n) is 12.3. The number of carboxylic acid groups (broad SMARTS) is 1. The number of anilines is 1. The molecule has 1 saturated heterocycles. The fourth-order valence-electron chi connectivity index (χ4n) is 4.90. The number of halogens is 1. The first-order valence-corrected chi connectivity index (χ1v) is 12.3. The number of pyridine rings is 1.